The van der Waals surface area contributed by atoms with Crippen molar-refractivity contribution in [2.45, 2.75) is 13.8 Å². The van der Waals surface area contributed by atoms with E-state index in [1.165, 1.54) is 17.4 Å². The first-order valence-electron chi connectivity index (χ1n) is 7.43. The lowest BCUT2D eigenvalue weighted by Crippen LogP contribution is -2.30. The molecule has 24 heavy (non-hydrogen) atoms. The number of fused-ring (bicyclic) bond motifs is 1. The van der Waals surface area contributed by atoms with E-state index < -0.39 is 4.92 Å². The Morgan fingerprint density at radius 1 is 1.29 bits per heavy atom. The minimum Gasteiger partial charge on any atom is -0.284 e. The normalized spacial score (nSPS) is 10.8. The van der Waals surface area contributed by atoms with E-state index in [2.05, 4.69) is 4.98 Å². The summed E-state index contributed by atoms with van der Waals surface area (Å²) >= 11 is 1.43. The lowest BCUT2D eigenvalue weighted by molar-refractivity contribution is -0.385. The second-order valence-corrected chi connectivity index (χ2v) is 6.28. The highest BCUT2D eigenvalue weighted by Gasteiger charge is 2.22. The van der Waals surface area contributed by atoms with Gasteiger partial charge in [0.05, 0.1) is 15.1 Å². The number of nitro benzene ring substituents is 1. The summed E-state index contributed by atoms with van der Waals surface area (Å²) in [6, 6.07) is 12.2. The van der Waals surface area contributed by atoms with Gasteiger partial charge < -0.3 is 0 Å². The van der Waals surface area contributed by atoms with Gasteiger partial charge in [-0.1, -0.05) is 29.5 Å². The molecule has 0 unspecified atom stereocenters. The van der Waals surface area contributed by atoms with Crippen molar-refractivity contribution in [3.05, 3.63) is 63.7 Å². The number of carbonyl (C=O) groups excluding carboxylic acids is 1. The second kappa shape index (κ2) is 6.37. The first-order chi connectivity index (χ1) is 11.5. The fourth-order valence-electron chi connectivity index (χ4n) is 2.44. The lowest BCUT2D eigenvalue weighted by Gasteiger charge is -2.17. The number of benzene rings is 2. The van der Waals surface area contributed by atoms with Crippen LogP contribution in [0.25, 0.3) is 10.2 Å². The molecule has 0 spiro atoms. The van der Waals surface area contributed by atoms with Crippen molar-refractivity contribution in [1.82, 2.24) is 4.98 Å². The molecule has 0 saturated carbocycles. The molecular weight excluding hydrogens is 326 g/mol. The van der Waals surface area contributed by atoms with Crippen LogP contribution in [0.5, 0.6) is 0 Å². The number of carbonyl (C=O) groups is 1. The fraction of sp³-hybridized carbons (Fsp3) is 0.176. The number of rotatable bonds is 4. The molecule has 2 aromatic carbocycles. The van der Waals surface area contributed by atoms with Crippen LogP contribution in [-0.4, -0.2) is 22.4 Å². The summed E-state index contributed by atoms with van der Waals surface area (Å²) in [6.07, 6.45) is 0. The van der Waals surface area contributed by atoms with Crippen LogP contribution in [0.2, 0.25) is 0 Å². The van der Waals surface area contributed by atoms with E-state index in [4.69, 9.17) is 0 Å². The van der Waals surface area contributed by atoms with E-state index in [-0.39, 0.29) is 17.2 Å². The van der Waals surface area contributed by atoms with Crippen molar-refractivity contribution in [2.24, 2.45) is 0 Å². The van der Waals surface area contributed by atoms with Gasteiger partial charge in [-0.25, -0.2) is 4.98 Å². The molecule has 6 nitrogen and oxygen atoms in total. The summed E-state index contributed by atoms with van der Waals surface area (Å²) in [5, 5.41) is 11.7. The number of anilines is 1. The highest BCUT2D eigenvalue weighted by Crippen LogP contribution is 2.30. The molecule has 0 atom stereocenters. The predicted molar refractivity (Wildman–Crippen MR) is 94.8 cm³/mol. The molecule has 1 amide bonds. The monoisotopic (exact) mass is 341 g/mol. The zero-order valence-electron chi connectivity index (χ0n) is 13.2. The van der Waals surface area contributed by atoms with Crippen LogP contribution in [0, 0.1) is 17.0 Å². The average Bonchev–Trinajstić information content (AvgIpc) is 2.99. The number of amides is 1. The fourth-order valence-corrected chi connectivity index (χ4v) is 3.46. The highest BCUT2D eigenvalue weighted by atomic mass is 32.1. The van der Waals surface area contributed by atoms with Crippen LogP contribution in [-0.2, 0) is 0 Å². The quantitative estimate of drug-likeness (QED) is 0.527. The van der Waals surface area contributed by atoms with Crippen molar-refractivity contribution in [3.8, 4) is 0 Å². The molecule has 0 saturated heterocycles. The Labute approximate surface area is 142 Å². The van der Waals surface area contributed by atoms with Gasteiger partial charge in [0.2, 0.25) is 0 Å². The van der Waals surface area contributed by atoms with Gasteiger partial charge in [-0.15, -0.1) is 0 Å². The smallest absolute Gasteiger partial charge is 0.273 e. The number of thiazole rings is 1. The molecule has 0 bridgehead atoms. The Hall–Kier alpha value is -2.80. The molecular formula is C17H15N3O3S. The number of nitrogens with zero attached hydrogens (tertiary/aromatic N) is 3. The summed E-state index contributed by atoms with van der Waals surface area (Å²) in [5.41, 5.74) is 1.59. The minimum absolute atomic E-state index is 0.0544. The van der Waals surface area contributed by atoms with E-state index in [9.17, 15) is 14.9 Å². The topological polar surface area (TPSA) is 76.3 Å². The van der Waals surface area contributed by atoms with E-state index >= 15 is 0 Å². The Kier molecular flexibility index (Phi) is 4.26. The Morgan fingerprint density at radius 3 is 2.71 bits per heavy atom. The third-order valence-corrected chi connectivity index (χ3v) is 4.79. The number of para-hydroxylation sites is 1. The summed E-state index contributed by atoms with van der Waals surface area (Å²) in [5.74, 6) is -0.292. The summed E-state index contributed by atoms with van der Waals surface area (Å²) < 4.78 is 0.994. The predicted octanol–water partition coefficient (Wildman–Crippen LogP) is 4.18. The molecule has 7 heteroatoms. The van der Waals surface area contributed by atoms with E-state index in [0.717, 1.165) is 10.2 Å². The average molecular weight is 341 g/mol. The van der Waals surface area contributed by atoms with Gasteiger partial charge in [0, 0.05) is 23.7 Å². The van der Waals surface area contributed by atoms with Crippen molar-refractivity contribution >= 4 is 38.3 Å². The van der Waals surface area contributed by atoms with E-state index in [1.54, 1.807) is 24.0 Å². The molecule has 0 aliphatic heterocycles. The van der Waals surface area contributed by atoms with Crippen LogP contribution in [0.1, 0.15) is 22.8 Å². The Balaban J connectivity index is 2.00. The SMILES string of the molecule is CCN(C(=O)c1ccc(C)c([N+](=O)[O-])c1)c1nc2ccccc2s1. The van der Waals surface area contributed by atoms with Gasteiger partial charge in [0.25, 0.3) is 11.6 Å². The van der Waals surface area contributed by atoms with Gasteiger partial charge in [-0.2, -0.15) is 0 Å². The summed E-state index contributed by atoms with van der Waals surface area (Å²) in [7, 11) is 0. The van der Waals surface area contributed by atoms with Crippen molar-refractivity contribution < 1.29 is 9.72 Å². The van der Waals surface area contributed by atoms with E-state index in [1.807, 2.05) is 31.2 Å². The van der Waals surface area contributed by atoms with Crippen LogP contribution < -0.4 is 4.90 Å². The molecule has 122 valence electrons. The number of nitro groups is 1. The highest BCUT2D eigenvalue weighted by molar-refractivity contribution is 7.22. The van der Waals surface area contributed by atoms with Gasteiger partial charge in [0.15, 0.2) is 5.13 Å². The second-order valence-electron chi connectivity index (χ2n) is 5.27. The zero-order valence-corrected chi connectivity index (χ0v) is 14.0. The van der Waals surface area contributed by atoms with Gasteiger partial charge in [-0.3, -0.25) is 19.8 Å². The molecule has 3 aromatic rings. The van der Waals surface area contributed by atoms with Gasteiger partial charge in [-0.05, 0) is 32.0 Å². The maximum Gasteiger partial charge on any atom is 0.273 e. The molecule has 3 rings (SSSR count). The maximum absolute atomic E-state index is 12.8. The first kappa shape index (κ1) is 16.1. The largest absolute Gasteiger partial charge is 0.284 e. The third-order valence-electron chi connectivity index (χ3n) is 3.73. The van der Waals surface area contributed by atoms with Crippen LogP contribution >= 0.6 is 11.3 Å². The van der Waals surface area contributed by atoms with Crippen LogP contribution in [0.3, 0.4) is 0 Å². The molecule has 0 N–H and O–H groups in total. The van der Waals surface area contributed by atoms with E-state index in [0.29, 0.717) is 17.2 Å². The summed E-state index contributed by atoms with van der Waals surface area (Å²) in [6.45, 7) is 3.93. The van der Waals surface area contributed by atoms with Crippen molar-refractivity contribution in [3.63, 3.8) is 0 Å². The zero-order chi connectivity index (χ0) is 17.3. The van der Waals surface area contributed by atoms with Crippen molar-refractivity contribution in [1.29, 1.82) is 0 Å². The number of hydrogen-bond donors (Lipinski definition) is 0. The first-order valence-corrected chi connectivity index (χ1v) is 8.25. The number of aromatic nitrogens is 1. The number of aryl methyl sites for hydroxylation is 1. The Bertz CT molecular complexity index is 903. The molecule has 1 heterocycles. The maximum atomic E-state index is 12.8. The molecule has 0 aliphatic rings. The summed E-state index contributed by atoms with van der Waals surface area (Å²) in [4.78, 5) is 29.5. The van der Waals surface area contributed by atoms with Gasteiger partial charge >= 0.3 is 0 Å². The lowest BCUT2D eigenvalue weighted by atomic mass is 10.1. The third kappa shape index (κ3) is 2.85. The minimum atomic E-state index is -0.472. The van der Waals surface area contributed by atoms with Gasteiger partial charge in [0.1, 0.15) is 0 Å². The number of hydrogen-bond acceptors (Lipinski definition) is 5. The van der Waals surface area contributed by atoms with Crippen LogP contribution in [0.15, 0.2) is 42.5 Å². The van der Waals surface area contributed by atoms with Crippen LogP contribution in [0.4, 0.5) is 10.8 Å². The molecule has 0 fully saturated rings. The molecule has 0 aliphatic carbocycles. The van der Waals surface area contributed by atoms with Crippen molar-refractivity contribution in [2.75, 3.05) is 11.4 Å². The molecule has 0 radical (unpaired) electrons. The molecule has 1 aromatic heterocycles. The Morgan fingerprint density at radius 2 is 2.04 bits per heavy atom. The standard InChI is InChI=1S/C17H15N3O3S/c1-3-19(17-18-13-6-4-5-7-15(13)24-17)16(21)12-9-8-11(2)14(10-12)20(22)23/h4-10H,3H2,1-2H3.